The molecule has 0 saturated heterocycles. The Balaban J connectivity index is 1.56. The van der Waals surface area contributed by atoms with Crippen molar-refractivity contribution in [1.29, 1.82) is 5.26 Å². The minimum atomic E-state index is -0.232. The Morgan fingerprint density at radius 3 is 3.00 bits per heavy atom. The van der Waals surface area contributed by atoms with Gasteiger partial charge >= 0.3 is 0 Å². The van der Waals surface area contributed by atoms with Crippen molar-refractivity contribution in [3.63, 3.8) is 0 Å². The lowest BCUT2D eigenvalue weighted by Gasteiger charge is -2.29. The third kappa shape index (κ3) is 3.40. The predicted molar refractivity (Wildman–Crippen MR) is 78.7 cm³/mol. The maximum absolute atomic E-state index is 12.2. The Bertz CT molecular complexity index is 752. The van der Waals surface area contributed by atoms with E-state index in [1.807, 2.05) is 30.3 Å². The smallest absolute Gasteiger partial charge is 0.252 e. The number of rotatable bonds is 4. The second kappa shape index (κ2) is 6.36. The zero-order chi connectivity index (χ0) is 16.2. The third-order valence-electron chi connectivity index (χ3n) is 3.40. The molecule has 0 fully saturated rings. The summed E-state index contributed by atoms with van der Waals surface area (Å²) in [7, 11) is 1.69. The fraction of sp³-hybridized carbons (Fsp3) is 0.333. The van der Waals surface area contributed by atoms with Crippen molar-refractivity contribution in [3.05, 3.63) is 36.4 Å². The minimum absolute atomic E-state index is 0.0232. The van der Waals surface area contributed by atoms with Gasteiger partial charge in [-0.2, -0.15) is 5.26 Å². The summed E-state index contributed by atoms with van der Waals surface area (Å²) >= 11 is 0. The Hall–Kier alpha value is -3.08. The van der Waals surface area contributed by atoms with E-state index in [4.69, 9.17) is 14.7 Å². The summed E-state index contributed by atoms with van der Waals surface area (Å²) in [6.07, 6.45) is 1.13. The molecule has 0 radical (unpaired) electrons. The van der Waals surface area contributed by atoms with Crippen LogP contribution in [0.5, 0.6) is 11.5 Å². The molecular formula is C15H15N5O3. The van der Waals surface area contributed by atoms with Crippen molar-refractivity contribution >= 4 is 5.91 Å². The van der Waals surface area contributed by atoms with Crippen molar-refractivity contribution in [3.8, 4) is 17.6 Å². The zero-order valence-electron chi connectivity index (χ0n) is 12.5. The van der Waals surface area contributed by atoms with Crippen LogP contribution in [0.2, 0.25) is 0 Å². The zero-order valence-corrected chi connectivity index (χ0v) is 12.5. The molecule has 1 aliphatic heterocycles. The molecule has 1 atom stereocenters. The van der Waals surface area contributed by atoms with E-state index in [1.54, 1.807) is 11.9 Å². The molecule has 8 nitrogen and oxygen atoms in total. The average Bonchev–Trinajstić information content (AvgIpc) is 3.02. The predicted octanol–water partition coefficient (Wildman–Crippen LogP) is 0.448. The van der Waals surface area contributed by atoms with Gasteiger partial charge in [-0.1, -0.05) is 12.1 Å². The van der Waals surface area contributed by atoms with Crippen LogP contribution < -0.4 is 9.47 Å². The van der Waals surface area contributed by atoms with Crippen LogP contribution >= 0.6 is 0 Å². The molecule has 0 saturated carbocycles. The number of likely N-dealkylation sites (N-methyl/N-ethyl adjacent to an activating group) is 1. The molecule has 0 aliphatic carbocycles. The van der Waals surface area contributed by atoms with Gasteiger partial charge in [-0.05, 0) is 12.1 Å². The van der Waals surface area contributed by atoms with Crippen molar-refractivity contribution in [2.75, 3.05) is 20.2 Å². The molecule has 118 valence electrons. The van der Waals surface area contributed by atoms with Gasteiger partial charge < -0.3 is 14.4 Å². The van der Waals surface area contributed by atoms with Crippen LogP contribution in [0.3, 0.4) is 0 Å². The molecule has 1 aromatic heterocycles. The number of para-hydroxylation sites is 2. The molecular weight excluding hydrogens is 298 g/mol. The summed E-state index contributed by atoms with van der Waals surface area (Å²) < 4.78 is 12.8. The molecule has 0 bridgehead atoms. The first kappa shape index (κ1) is 14.8. The van der Waals surface area contributed by atoms with Gasteiger partial charge in [-0.3, -0.25) is 4.79 Å². The number of aromatic nitrogens is 3. The van der Waals surface area contributed by atoms with E-state index in [1.165, 1.54) is 11.0 Å². The van der Waals surface area contributed by atoms with Crippen molar-refractivity contribution in [2.45, 2.75) is 12.6 Å². The quantitative estimate of drug-likeness (QED) is 0.813. The van der Waals surface area contributed by atoms with Crippen LogP contribution in [0.4, 0.5) is 0 Å². The number of carbonyl (C=O) groups excluding carboxylic acids is 1. The van der Waals surface area contributed by atoms with E-state index in [2.05, 4.69) is 10.1 Å². The maximum Gasteiger partial charge on any atom is 0.252 e. The number of nitrogens with zero attached hydrogens (tertiary/aromatic N) is 5. The largest absolute Gasteiger partial charge is 0.486 e. The van der Waals surface area contributed by atoms with E-state index >= 15 is 0 Å². The highest BCUT2D eigenvalue weighted by atomic mass is 16.6. The average molecular weight is 313 g/mol. The third-order valence-corrected chi connectivity index (χ3v) is 3.40. The normalized spacial score (nSPS) is 15.7. The van der Waals surface area contributed by atoms with Crippen LogP contribution in [0.15, 0.2) is 30.6 Å². The molecule has 1 amide bonds. The van der Waals surface area contributed by atoms with E-state index in [-0.39, 0.29) is 24.4 Å². The Labute approximate surface area is 132 Å². The lowest BCUT2D eigenvalue weighted by molar-refractivity contribution is -0.132. The highest BCUT2D eigenvalue weighted by Gasteiger charge is 2.23. The van der Waals surface area contributed by atoms with Gasteiger partial charge in [0.25, 0.3) is 5.82 Å². The Kier molecular flexibility index (Phi) is 4.10. The maximum atomic E-state index is 12.2. The van der Waals surface area contributed by atoms with E-state index in [9.17, 15) is 4.79 Å². The first-order chi connectivity index (χ1) is 11.2. The molecule has 2 aromatic rings. The van der Waals surface area contributed by atoms with Crippen molar-refractivity contribution in [2.24, 2.45) is 0 Å². The molecule has 8 heteroatoms. The SMILES string of the molecule is CN(C[C@H]1COc2ccccc2O1)C(=O)Cn1cnc(C#N)n1. The number of fused-ring (bicyclic) bond motifs is 1. The van der Waals surface area contributed by atoms with Crippen LogP contribution in [-0.2, 0) is 11.3 Å². The van der Waals surface area contributed by atoms with Crippen LogP contribution in [0, 0.1) is 11.3 Å². The Morgan fingerprint density at radius 2 is 2.26 bits per heavy atom. The van der Waals surface area contributed by atoms with E-state index in [0.717, 1.165) is 0 Å². The second-order valence-corrected chi connectivity index (χ2v) is 5.15. The topological polar surface area (TPSA) is 93.3 Å². The molecule has 2 heterocycles. The first-order valence-corrected chi connectivity index (χ1v) is 7.07. The highest BCUT2D eigenvalue weighted by Crippen LogP contribution is 2.30. The fourth-order valence-corrected chi connectivity index (χ4v) is 2.24. The van der Waals surface area contributed by atoms with Crippen molar-refractivity contribution in [1.82, 2.24) is 19.7 Å². The minimum Gasteiger partial charge on any atom is -0.486 e. The second-order valence-electron chi connectivity index (χ2n) is 5.15. The van der Waals surface area contributed by atoms with Gasteiger partial charge in [0, 0.05) is 7.05 Å². The Morgan fingerprint density at radius 1 is 1.48 bits per heavy atom. The van der Waals surface area contributed by atoms with E-state index < -0.39 is 0 Å². The standard InChI is InChI=1S/C15H15N5O3/c1-19(15(21)8-20-10-17-14(6-16)18-20)7-11-9-22-12-4-2-3-5-13(12)23-11/h2-5,10-11H,7-9H2,1H3/t11-/m0/s1. The lowest BCUT2D eigenvalue weighted by atomic mass is 10.2. The first-order valence-electron chi connectivity index (χ1n) is 7.07. The molecule has 23 heavy (non-hydrogen) atoms. The molecule has 1 aliphatic rings. The summed E-state index contributed by atoms with van der Waals surface area (Å²) in [6, 6.07) is 9.25. The van der Waals surface area contributed by atoms with Gasteiger partial charge in [0.2, 0.25) is 5.91 Å². The van der Waals surface area contributed by atoms with Gasteiger partial charge in [-0.15, -0.1) is 5.10 Å². The molecule has 0 N–H and O–H groups in total. The summed E-state index contributed by atoms with van der Waals surface area (Å²) in [4.78, 5) is 17.5. The summed E-state index contributed by atoms with van der Waals surface area (Å²) in [5, 5.41) is 12.5. The fourth-order valence-electron chi connectivity index (χ4n) is 2.24. The molecule has 3 rings (SSSR count). The van der Waals surface area contributed by atoms with Crippen molar-refractivity contribution < 1.29 is 14.3 Å². The number of benzene rings is 1. The number of hydrogen-bond acceptors (Lipinski definition) is 6. The van der Waals surface area contributed by atoms with Gasteiger partial charge in [0.15, 0.2) is 17.6 Å². The summed E-state index contributed by atoms with van der Waals surface area (Å²) in [6.45, 7) is 0.804. The van der Waals surface area contributed by atoms with E-state index in [0.29, 0.717) is 24.7 Å². The summed E-state index contributed by atoms with van der Waals surface area (Å²) in [5.41, 5.74) is 0. The molecule has 0 unspecified atom stereocenters. The van der Waals surface area contributed by atoms with Gasteiger partial charge in [0.05, 0.1) is 6.54 Å². The molecule has 0 spiro atoms. The number of hydrogen-bond donors (Lipinski definition) is 0. The van der Waals surface area contributed by atoms with Crippen LogP contribution in [0.25, 0.3) is 0 Å². The highest BCUT2D eigenvalue weighted by molar-refractivity contribution is 5.75. The van der Waals surface area contributed by atoms with Crippen LogP contribution in [-0.4, -0.2) is 51.9 Å². The summed E-state index contributed by atoms with van der Waals surface area (Å²) in [5.74, 6) is 1.28. The number of amides is 1. The lowest BCUT2D eigenvalue weighted by Crippen LogP contribution is -2.42. The number of nitriles is 1. The number of carbonyl (C=O) groups is 1. The van der Waals surface area contributed by atoms with Gasteiger partial charge in [-0.25, -0.2) is 9.67 Å². The monoisotopic (exact) mass is 313 g/mol. The van der Waals surface area contributed by atoms with Crippen LogP contribution in [0.1, 0.15) is 5.82 Å². The molecule has 1 aromatic carbocycles. The van der Waals surface area contributed by atoms with Gasteiger partial charge in [0.1, 0.15) is 25.5 Å². The number of ether oxygens (including phenoxy) is 2.